The van der Waals surface area contributed by atoms with Crippen molar-refractivity contribution in [1.29, 1.82) is 0 Å². The third-order valence-corrected chi connectivity index (χ3v) is 2.90. The number of hydrogen-bond acceptors (Lipinski definition) is 4. The fourth-order valence-corrected chi connectivity index (χ4v) is 1.16. The van der Waals surface area contributed by atoms with Gasteiger partial charge in [0.2, 0.25) is 0 Å². The van der Waals surface area contributed by atoms with Crippen LogP contribution in [-0.4, -0.2) is 20.4 Å². The standard InChI is InChI=1S/C4H8O3S2/c1-4(2,3(5)6)8-9-7/h7H,1-2H3,(H,5,6). The third-order valence-electron chi connectivity index (χ3n) is 0.761. The maximum absolute atomic E-state index is 10.3. The number of carboxylic acid groups (broad SMARTS) is 1. The summed E-state index contributed by atoms with van der Waals surface area (Å²) in [5, 5.41) is 8.43. The Morgan fingerprint density at radius 1 is 1.56 bits per heavy atom. The topological polar surface area (TPSA) is 57.5 Å². The van der Waals surface area contributed by atoms with Crippen molar-refractivity contribution >= 4 is 27.8 Å². The Morgan fingerprint density at radius 3 is 2.11 bits per heavy atom. The van der Waals surface area contributed by atoms with Gasteiger partial charge in [0.05, 0.1) is 11.1 Å². The average molecular weight is 168 g/mol. The molecule has 0 unspecified atom stereocenters. The normalized spacial score (nSPS) is 11.4. The van der Waals surface area contributed by atoms with Gasteiger partial charge >= 0.3 is 5.97 Å². The van der Waals surface area contributed by atoms with Crippen molar-refractivity contribution in [2.75, 3.05) is 0 Å². The number of carbonyl (C=O) groups is 1. The Labute approximate surface area is 61.4 Å². The van der Waals surface area contributed by atoms with Gasteiger partial charge in [-0.1, -0.05) is 0 Å². The van der Waals surface area contributed by atoms with Crippen LogP contribution >= 0.6 is 21.9 Å². The molecular weight excluding hydrogens is 160 g/mol. The molecule has 0 bridgehead atoms. The van der Waals surface area contributed by atoms with Crippen molar-refractivity contribution in [3.8, 4) is 0 Å². The highest BCUT2D eigenvalue weighted by molar-refractivity contribution is 8.75. The summed E-state index contributed by atoms with van der Waals surface area (Å²) in [6.45, 7) is 3.06. The highest BCUT2D eigenvalue weighted by Gasteiger charge is 2.27. The average Bonchev–Trinajstić information content (AvgIpc) is 1.65. The first-order chi connectivity index (χ1) is 4.00. The van der Waals surface area contributed by atoms with E-state index in [-0.39, 0.29) is 0 Å². The Bertz CT molecular complexity index is 112. The van der Waals surface area contributed by atoms with Gasteiger partial charge in [0.1, 0.15) is 4.75 Å². The van der Waals surface area contributed by atoms with Crippen LogP contribution in [0.4, 0.5) is 0 Å². The first kappa shape index (κ1) is 9.13. The van der Waals surface area contributed by atoms with Crippen LogP contribution in [0.5, 0.6) is 0 Å². The molecule has 0 aliphatic carbocycles. The Hall–Kier alpha value is 0.130. The summed E-state index contributed by atoms with van der Waals surface area (Å²) in [5.41, 5.74) is 0. The van der Waals surface area contributed by atoms with Crippen molar-refractivity contribution in [1.82, 2.24) is 0 Å². The van der Waals surface area contributed by atoms with Gasteiger partial charge in [0, 0.05) is 0 Å². The molecule has 0 saturated carbocycles. The van der Waals surface area contributed by atoms with Gasteiger partial charge in [0.15, 0.2) is 0 Å². The summed E-state index contributed by atoms with van der Waals surface area (Å²) in [4.78, 5) is 10.3. The SMILES string of the molecule is CC(C)(SSO)C(=O)O. The van der Waals surface area contributed by atoms with Gasteiger partial charge in [-0.2, -0.15) is 0 Å². The van der Waals surface area contributed by atoms with Gasteiger partial charge in [-0.05, 0) is 24.6 Å². The molecule has 0 radical (unpaired) electrons. The molecule has 2 N–H and O–H groups in total. The van der Waals surface area contributed by atoms with Crippen LogP contribution in [0, 0.1) is 0 Å². The highest BCUT2D eigenvalue weighted by atomic mass is 33.1. The number of rotatable bonds is 3. The Balaban J connectivity index is 3.85. The molecule has 0 spiro atoms. The maximum Gasteiger partial charge on any atom is 0.320 e. The minimum Gasteiger partial charge on any atom is -0.480 e. The monoisotopic (exact) mass is 168 g/mol. The molecule has 0 fully saturated rings. The lowest BCUT2D eigenvalue weighted by Gasteiger charge is -2.14. The predicted molar refractivity (Wildman–Crippen MR) is 39.5 cm³/mol. The van der Waals surface area contributed by atoms with E-state index in [1.54, 1.807) is 0 Å². The summed E-state index contributed by atoms with van der Waals surface area (Å²) in [7, 11) is 0.914. The van der Waals surface area contributed by atoms with E-state index in [0.717, 1.165) is 10.8 Å². The minimum absolute atomic E-state index is 0.473. The number of hydrogen-bond donors (Lipinski definition) is 2. The molecule has 0 aliphatic heterocycles. The molecule has 0 amide bonds. The lowest BCUT2D eigenvalue weighted by atomic mass is 10.2. The fraction of sp³-hybridized carbons (Fsp3) is 0.750. The highest BCUT2D eigenvalue weighted by Crippen LogP contribution is 2.33. The van der Waals surface area contributed by atoms with Gasteiger partial charge in [-0.3, -0.25) is 4.79 Å². The molecule has 5 heteroatoms. The molecule has 0 atom stereocenters. The first-order valence-corrected chi connectivity index (χ1v) is 4.34. The lowest BCUT2D eigenvalue weighted by Crippen LogP contribution is -2.25. The van der Waals surface area contributed by atoms with Crippen LogP contribution in [0.1, 0.15) is 13.8 Å². The second-order valence-corrected chi connectivity index (χ2v) is 4.26. The smallest absolute Gasteiger partial charge is 0.320 e. The largest absolute Gasteiger partial charge is 0.480 e. The van der Waals surface area contributed by atoms with E-state index >= 15 is 0 Å². The van der Waals surface area contributed by atoms with E-state index in [0.29, 0.717) is 11.1 Å². The zero-order chi connectivity index (χ0) is 7.49. The van der Waals surface area contributed by atoms with E-state index in [1.165, 1.54) is 13.8 Å². The van der Waals surface area contributed by atoms with Gasteiger partial charge < -0.3 is 9.66 Å². The van der Waals surface area contributed by atoms with Crippen molar-refractivity contribution in [2.45, 2.75) is 18.6 Å². The molecule has 0 saturated heterocycles. The first-order valence-electron chi connectivity index (χ1n) is 2.23. The van der Waals surface area contributed by atoms with Crippen LogP contribution in [0.25, 0.3) is 0 Å². The van der Waals surface area contributed by atoms with Gasteiger partial charge in [-0.15, -0.1) is 0 Å². The second kappa shape index (κ2) is 3.34. The van der Waals surface area contributed by atoms with Crippen LogP contribution < -0.4 is 0 Å². The van der Waals surface area contributed by atoms with E-state index in [2.05, 4.69) is 0 Å². The molecule has 0 aliphatic rings. The fourth-order valence-electron chi connectivity index (χ4n) is 0.129. The molecular formula is C4H8O3S2. The van der Waals surface area contributed by atoms with Crippen LogP contribution in [0.3, 0.4) is 0 Å². The van der Waals surface area contributed by atoms with Gasteiger partial charge in [-0.25, -0.2) is 0 Å². The lowest BCUT2D eigenvalue weighted by molar-refractivity contribution is -0.138. The molecule has 54 valence electrons. The summed E-state index contributed by atoms with van der Waals surface area (Å²) >= 11 is 0.473. The zero-order valence-corrected chi connectivity index (χ0v) is 6.75. The van der Waals surface area contributed by atoms with Crippen molar-refractivity contribution in [3.63, 3.8) is 0 Å². The summed E-state index contributed by atoms with van der Waals surface area (Å²) < 4.78 is 7.36. The molecule has 0 heterocycles. The minimum atomic E-state index is -0.922. The Morgan fingerprint density at radius 2 is 2.00 bits per heavy atom. The quantitative estimate of drug-likeness (QED) is 0.496. The van der Waals surface area contributed by atoms with Crippen LogP contribution in [0.15, 0.2) is 0 Å². The molecule has 0 aromatic carbocycles. The second-order valence-electron chi connectivity index (χ2n) is 1.97. The summed E-state index contributed by atoms with van der Waals surface area (Å²) in [6, 6.07) is 0. The van der Waals surface area contributed by atoms with Gasteiger partial charge in [0.25, 0.3) is 0 Å². The van der Waals surface area contributed by atoms with Crippen molar-refractivity contribution < 1.29 is 14.5 Å². The van der Waals surface area contributed by atoms with E-state index in [4.69, 9.17) is 9.66 Å². The zero-order valence-electron chi connectivity index (χ0n) is 5.12. The Kier molecular flexibility index (Phi) is 3.38. The summed E-state index contributed by atoms with van der Waals surface area (Å²) in [5.74, 6) is -0.922. The van der Waals surface area contributed by atoms with Crippen LogP contribution in [-0.2, 0) is 4.79 Å². The number of carboxylic acids is 1. The molecule has 0 rings (SSSR count). The van der Waals surface area contributed by atoms with E-state index in [1.807, 2.05) is 0 Å². The van der Waals surface area contributed by atoms with E-state index < -0.39 is 10.7 Å². The molecule has 3 nitrogen and oxygen atoms in total. The third kappa shape index (κ3) is 2.98. The predicted octanol–water partition coefficient (Wildman–Crippen LogP) is 1.70. The maximum atomic E-state index is 10.3. The molecule has 0 aromatic rings. The van der Waals surface area contributed by atoms with Crippen molar-refractivity contribution in [3.05, 3.63) is 0 Å². The molecule has 9 heavy (non-hydrogen) atoms. The molecule has 0 aromatic heterocycles. The van der Waals surface area contributed by atoms with Crippen LogP contribution in [0.2, 0.25) is 0 Å². The summed E-state index contributed by atoms with van der Waals surface area (Å²) in [6.07, 6.45) is 0. The van der Waals surface area contributed by atoms with E-state index in [9.17, 15) is 4.79 Å². The van der Waals surface area contributed by atoms with Crippen molar-refractivity contribution in [2.24, 2.45) is 0 Å². The number of aliphatic carboxylic acids is 1.